The first-order valence-corrected chi connectivity index (χ1v) is 18.8. The predicted molar refractivity (Wildman–Crippen MR) is 234 cm³/mol. The summed E-state index contributed by atoms with van der Waals surface area (Å²) in [5.41, 5.74) is 17.6. The third kappa shape index (κ3) is 7.38. The summed E-state index contributed by atoms with van der Waals surface area (Å²) in [6.45, 7) is 0. The number of benzene rings is 9. The van der Waals surface area contributed by atoms with Gasteiger partial charge in [0.2, 0.25) is 0 Å². The fourth-order valence-electron chi connectivity index (χ4n) is 7.45. The van der Waals surface area contributed by atoms with E-state index in [9.17, 15) is 0 Å². The van der Waals surface area contributed by atoms with Crippen molar-refractivity contribution in [2.75, 3.05) is 4.90 Å². The van der Waals surface area contributed by atoms with Crippen molar-refractivity contribution >= 4 is 17.1 Å². The second-order valence-corrected chi connectivity index (χ2v) is 13.8. The molecule has 0 heterocycles. The van der Waals surface area contributed by atoms with Crippen LogP contribution in [0.5, 0.6) is 0 Å². The summed E-state index contributed by atoms with van der Waals surface area (Å²) in [6, 6.07) is 85.0. The van der Waals surface area contributed by atoms with Crippen LogP contribution >= 0.6 is 0 Å². The second kappa shape index (κ2) is 15.4. The molecule has 0 aliphatic carbocycles. The molecule has 0 amide bonds. The first-order valence-electron chi connectivity index (χ1n) is 18.8. The maximum absolute atomic E-state index is 2.39. The van der Waals surface area contributed by atoms with Gasteiger partial charge < -0.3 is 4.90 Å². The van der Waals surface area contributed by atoms with Crippen LogP contribution in [0.1, 0.15) is 0 Å². The van der Waals surface area contributed by atoms with Crippen LogP contribution in [0, 0.1) is 0 Å². The molecule has 0 unspecified atom stereocenters. The molecule has 0 bridgehead atoms. The van der Waals surface area contributed by atoms with E-state index in [2.05, 4.69) is 241 Å². The van der Waals surface area contributed by atoms with Crippen molar-refractivity contribution in [1.82, 2.24) is 0 Å². The van der Waals surface area contributed by atoms with Crippen molar-refractivity contribution in [2.24, 2.45) is 0 Å². The standard InChI is InChI=1S/C54H39N/c1-4-16-40(17-5-1)43-22-10-25-46(34-43)49-28-13-31-52(37-49)55(53-32-14-29-50(38-53)47-26-11-23-44(35-47)41-18-6-2-7-19-41)54-33-15-30-51(39-54)48-27-12-24-45(36-48)42-20-8-3-9-21-42/h1-39H. The van der Waals surface area contributed by atoms with E-state index in [4.69, 9.17) is 0 Å². The van der Waals surface area contributed by atoms with Crippen LogP contribution in [-0.2, 0) is 0 Å². The number of anilines is 3. The van der Waals surface area contributed by atoms with Gasteiger partial charge in [-0.25, -0.2) is 0 Å². The molecular weight excluding hydrogens is 663 g/mol. The number of hydrogen-bond donors (Lipinski definition) is 0. The van der Waals surface area contributed by atoms with Crippen LogP contribution in [0.25, 0.3) is 66.8 Å². The molecule has 0 atom stereocenters. The third-order valence-electron chi connectivity index (χ3n) is 10.2. The third-order valence-corrected chi connectivity index (χ3v) is 10.2. The largest absolute Gasteiger partial charge is 0.310 e. The molecule has 0 N–H and O–H groups in total. The van der Waals surface area contributed by atoms with Crippen molar-refractivity contribution in [3.05, 3.63) is 237 Å². The molecular formula is C54H39N. The van der Waals surface area contributed by atoms with E-state index in [0.717, 1.165) is 17.1 Å². The molecule has 0 aliphatic heterocycles. The van der Waals surface area contributed by atoms with E-state index in [1.165, 1.54) is 66.8 Å². The van der Waals surface area contributed by atoms with E-state index in [-0.39, 0.29) is 0 Å². The van der Waals surface area contributed by atoms with Crippen molar-refractivity contribution < 1.29 is 0 Å². The Morgan fingerprint density at radius 1 is 0.164 bits per heavy atom. The molecule has 260 valence electrons. The lowest BCUT2D eigenvalue weighted by Crippen LogP contribution is -2.10. The van der Waals surface area contributed by atoms with Gasteiger partial charge in [0.1, 0.15) is 0 Å². The summed E-state index contributed by atoms with van der Waals surface area (Å²) in [5, 5.41) is 0. The van der Waals surface area contributed by atoms with Gasteiger partial charge in [-0.2, -0.15) is 0 Å². The predicted octanol–water partition coefficient (Wildman–Crippen LogP) is 15.2. The Morgan fingerprint density at radius 3 is 0.636 bits per heavy atom. The summed E-state index contributed by atoms with van der Waals surface area (Å²) in [5.74, 6) is 0. The van der Waals surface area contributed by atoms with E-state index in [0.29, 0.717) is 0 Å². The normalized spacial score (nSPS) is 10.9. The van der Waals surface area contributed by atoms with E-state index in [1.54, 1.807) is 0 Å². The Morgan fingerprint density at radius 2 is 0.364 bits per heavy atom. The quantitative estimate of drug-likeness (QED) is 0.145. The lowest BCUT2D eigenvalue weighted by atomic mass is 9.97. The highest BCUT2D eigenvalue weighted by atomic mass is 15.1. The van der Waals surface area contributed by atoms with Gasteiger partial charge in [-0.15, -0.1) is 0 Å². The van der Waals surface area contributed by atoms with Crippen LogP contribution in [0.3, 0.4) is 0 Å². The number of nitrogens with zero attached hydrogens (tertiary/aromatic N) is 1. The zero-order valence-corrected chi connectivity index (χ0v) is 30.5. The highest BCUT2D eigenvalue weighted by Gasteiger charge is 2.16. The van der Waals surface area contributed by atoms with Gasteiger partial charge in [0.05, 0.1) is 0 Å². The summed E-state index contributed by atoms with van der Waals surface area (Å²) in [7, 11) is 0. The van der Waals surface area contributed by atoms with Crippen molar-refractivity contribution in [3.8, 4) is 66.8 Å². The van der Waals surface area contributed by atoms with Gasteiger partial charge in [0.15, 0.2) is 0 Å². The second-order valence-electron chi connectivity index (χ2n) is 13.8. The molecule has 1 nitrogen and oxygen atoms in total. The SMILES string of the molecule is c1ccc(-c2cccc(-c3cccc(N(c4cccc(-c5cccc(-c6ccccc6)c5)c4)c4cccc(-c5cccc(-c6ccccc6)c5)c4)c3)c2)cc1. The minimum atomic E-state index is 1.09. The van der Waals surface area contributed by atoms with Gasteiger partial charge in [-0.3, -0.25) is 0 Å². The molecule has 0 fully saturated rings. The maximum Gasteiger partial charge on any atom is 0.0467 e. The number of rotatable bonds is 9. The monoisotopic (exact) mass is 701 g/mol. The maximum atomic E-state index is 2.39. The molecule has 0 spiro atoms. The van der Waals surface area contributed by atoms with Gasteiger partial charge in [0.25, 0.3) is 0 Å². The average molecular weight is 702 g/mol. The lowest BCUT2D eigenvalue weighted by molar-refractivity contribution is 1.28. The Labute approximate surface area is 324 Å². The summed E-state index contributed by atoms with van der Waals surface area (Å²) < 4.78 is 0. The van der Waals surface area contributed by atoms with Crippen LogP contribution in [0.4, 0.5) is 17.1 Å². The Kier molecular flexibility index (Phi) is 9.41. The van der Waals surface area contributed by atoms with Crippen molar-refractivity contribution in [2.45, 2.75) is 0 Å². The molecule has 55 heavy (non-hydrogen) atoms. The van der Waals surface area contributed by atoms with Crippen LogP contribution in [-0.4, -0.2) is 0 Å². The molecule has 0 radical (unpaired) electrons. The molecule has 0 aliphatic rings. The molecule has 0 saturated carbocycles. The van der Waals surface area contributed by atoms with Gasteiger partial charge in [-0.05, 0) is 121 Å². The zero-order valence-electron chi connectivity index (χ0n) is 30.5. The highest BCUT2D eigenvalue weighted by Crippen LogP contribution is 2.40. The van der Waals surface area contributed by atoms with Gasteiger partial charge in [-0.1, -0.05) is 182 Å². The smallest absolute Gasteiger partial charge is 0.0467 e. The molecule has 0 saturated heterocycles. The summed E-state index contributed by atoms with van der Waals surface area (Å²) in [6.07, 6.45) is 0. The average Bonchev–Trinajstić information content (AvgIpc) is 3.28. The molecule has 0 aromatic heterocycles. The fourth-order valence-corrected chi connectivity index (χ4v) is 7.45. The van der Waals surface area contributed by atoms with Crippen molar-refractivity contribution in [1.29, 1.82) is 0 Å². The summed E-state index contributed by atoms with van der Waals surface area (Å²) >= 11 is 0. The van der Waals surface area contributed by atoms with Crippen LogP contribution in [0.2, 0.25) is 0 Å². The summed E-state index contributed by atoms with van der Waals surface area (Å²) in [4.78, 5) is 2.39. The Hall–Kier alpha value is -7.22. The molecule has 9 rings (SSSR count). The highest BCUT2D eigenvalue weighted by molar-refractivity contribution is 5.86. The van der Waals surface area contributed by atoms with Gasteiger partial charge in [0, 0.05) is 17.1 Å². The Balaban J connectivity index is 1.15. The molecule has 9 aromatic carbocycles. The van der Waals surface area contributed by atoms with Crippen LogP contribution < -0.4 is 4.90 Å². The first kappa shape index (κ1) is 33.6. The van der Waals surface area contributed by atoms with E-state index < -0.39 is 0 Å². The zero-order chi connectivity index (χ0) is 36.8. The van der Waals surface area contributed by atoms with Crippen LogP contribution in [0.15, 0.2) is 237 Å². The topological polar surface area (TPSA) is 3.24 Å². The minimum absolute atomic E-state index is 1.09. The van der Waals surface area contributed by atoms with Gasteiger partial charge >= 0.3 is 0 Å². The first-order chi connectivity index (χ1) is 27.2. The fraction of sp³-hybridized carbons (Fsp3) is 0. The lowest BCUT2D eigenvalue weighted by Gasteiger charge is -2.27. The van der Waals surface area contributed by atoms with E-state index in [1.807, 2.05) is 0 Å². The minimum Gasteiger partial charge on any atom is -0.310 e. The Bertz CT molecular complexity index is 2400. The number of hydrogen-bond acceptors (Lipinski definition) is 1. The molecule has 1 heteroatoms. The van der Waals surface area contributed by atoms with Crippen molar-refractivity contribution in [3.63, 3.8) is 0 Å². The molecule has 9 aromatic rings. The van der Waals surface area contributed by atoms with E-state index >= 15 is 0 Å².